The van der Waals surface area contributed by atoms with Crippen molar-refractivity contribution < 1.29 is 18.0 Å². The Bertz CT molecular complexity index is 1040. The number of carbonyl (C=O) groups is 2. The molecule has 0 radical (unpaired) electrons. The topological polar surface area (TPSA) is 113 Å². The van der Waals surface area contributed by atoms with Crippen molar-refractivity contribution in [2.24, 2.45) is 11.8 Å². The lowest BCUT2D eigenvalue weighted by Crippen LogP contribution is -2.41. The van der Waals surface area contributed by atoms with E-state index in [0.29, 0.717) is 37.5 Å². The Morgan fingerprint density at radius 3 is 2.41 bits per heavy atom. The van der Waals surface area contributed by atoms with E-state index in [0.717, 1.165) is 0 Å². The van der Waals surface area contributed by atoms with E-state index in [9.17, 15) is 18.0 Å². The van der Waals surface area contributed by atoms with E-state index >= 15 is 0 Å². The minimum Gasteiger partial charge on any atom is -0.350 e. The van der Waals surface area contributed by atoms with Crippen molar-refractivity contribution in [3.63, 3.8) is 0 Å². The third-order valence-electron chi connectivity index (χ3n) is 5.44. The molecule has 2 heterocycles. The average Bonchev–Trinajstić information content (AvgIpc) is 3.21. The second kappa shape index (κ2) is 10.3. The Balaban J connectivity index is 1.64. The SMILES string of the molecule is CCn1cc(NC(=O)C2CCN(S(=O)(=O)c3ccccc3)CC2)c(C(=O)NCC(C)C)n1. The first-order valence-corrected chi connectivity index (χ1v) is 12.4. The molecule has 1 fully saturated rings. The second-order valence-corrected chi connectivity index (χ2v) is 10.3. The van der Waals surface area contributed by atoms with Crippen LogP contribution in [0.25, 0.3) is 0 Å². The van der Waals surface area contributed by atoms with Crippen molar-refractivity contribution in [2.45, 2.75) is 45.1 Å². The number of anilines is 1. The highest BCUT2D eigenvalue weighted by atomic mass is 32.2. The van der Waals surface area contributed by atoms with Crippen LogP contribution in [0.3, 0.4) is 0 Å². The van der Waals surface area contributed by atoms with Gasteiger partial charge >= 0.3 is 0 Å². The van der Waals surface area contributed by atoms with E-state index in [-0.39, 0.29) is 41.4 Å². The molecule has 1 aliphatic rings. The molecule has 9 nitrogen and oxygen atoms in total. The molecule has 1 saturated heterocycles. The fraction of sp³-hybridized carbons (Fsp3) is 0.500. The largest absolute Gasteiger partial charge is 0.350 e. The quantitative estimate of drug-likeness (QED) is 0.626. The lowest BCUT2D eigenvalue weighted by molar-refractivity contribution is -0.120. The van der Waals surface area contributed by atoms with Gasteiger partial charge in [0.15, 0.2) is 5.69 Å². The van der Waals surface area contributed by atoms with Crippen molar-refractivity contribution in [1.29, 1.82) is 0 Å². The molecule has 0 atom stereocenters. The number of nitrogens with one attached hydrogen (secondary N) is 2. The smallest absolute Gasteiger partial charge is 0.273 e. The van der Waals surface area contributed by atoms with Crippen molar-refractivity contribution in [3.05, 3.63) is 42.2 Å². The number of aromatic nitrogens is 2. The minimum absolute atomic E-state index is 0.185. The summed E-state index contributed by atoms with van der Waals surface area (Å²) in [5.74, 6) is -0.600. The van der Waals surface area contributed by atoms with Crippen LogP contribution in [0.2, 0.25) is 0 Å². The van der Waals surface area contributed by atoms with Gasteiger partial charge in [0.2, 0.25) is 15.9 Å². The van der Waals surface area contributed by atoms with Gasteiger partial charge in [0.1, 0.15) is 0 Å². The Kier molecular flexibility index (Phi) is 7.68. The van der Waals surface area contributed by atoms with Crippen molar-refractivity contribution >= 4 is 27.5 Å². The molecule has 2 amide bonds. The van der Waals surface area contributed by atoms with Gasteiger partial charge in [0.25, 0.3) is 5.91 Å². The fourth-order valence-corrected chi connectivity index (χ4v) is 5.05. The fourth-order valence-electron chi connectivity index (χ4n) is 3.56. The summed E-state index contributed by atoms with van der Waals surface area (Å²) in [6.45, 7) is 7.51. The highest BCUT2D eigenvalue weighted by Gasteiger charge is 2.32. The molecule has 1 aliphatic heterocycles. The molecule has 3 rings (SSSR count). The summed E-state index contributed by atoms with van der Waals surface area (Å²) in [6, 6.07) is 8.31. The molecular formula is C22H31N5O4S. The highest BCUT2D eigenvalue weighted by Crippen LogP contribution is 2.25. The van der Waals surface area contributed by atoms with Crippen LogP contribution in [-0.2, 0) is 21.4 Å². The van der Waals surface area contributed by atoms with Gasteiger partial charge in [0.05, 0.1) is 10.6 Å². The van der Waals surface area contributed by atoms with Crippen LogP contribution in [0.15, 0.2) is 41.4 Å². The van der Waals surface area contributed by atoms with E-state index in [1.54, 1.807) is 41.2 Å². The number of nitrogens with zero attached hydrogens (tertiary/aromatic N) is 3. The first kappa shape index (κ1) is 23.9. The molecule has 0 bridgehead atoms. The number of carbonyl (C=O) groups excluding carboxylic acids is 2. The maximum atomic E-state index is 12.9. The van der Waals surface area contributed by atoms with Crippen LogP contribution < -0.4 is 10.6 Å². The number of amides is 2. The molecule has 1 aromatic carbocycles. The molecule has 0 spiro atoms. The first-order chi connectivity index (χ1) is 15.2. The number of aryl methyl sites for hydroxylation is 1. The van der Waals surface area contributed by atoms with Gasteiger partial charge in [-0.1, -0.05) is 32.0 Å². The van der Waals surface area contributed by atoms with Crippen molar-refractivity contribution in [1.82, 2.24) is 19.4 Å². The van der Waals surface area contributed by atoms with E-state index in [1.807, 2.05) is 20.8 Å². The molecule has 2 aromatic rings. The molecule has 32 heavy (non-hydrogen) atoms. The van der Waals surface area contributed by atoms with Crippen LogP contribution in [0.5, 0.6) is 0 Å². The van der Waals surface area contributed by atoms with Crippen LogP contribution in [0, 0.1) is 11.8 Å². The van der Waals surface area contributed by atoms with E-state index in [2.05, 4.69) is 15.7 Å². The van der Waals surface area contributed by atoms with Crippen LogP contribution in [-0.4, -0.2) is 54.0 Å². The first-order valence-electron chi connectivity index (χ1n) is 10.9. The number of benzene rings is 1. The average molecular weight is 462 g/mol. The highest BCUT2D eigenvalue weighted by molar-refractivity contribution is 7.89. The third kappa shape index (κ3) is 5.55. The molecule has 0 aliphatic carbocycles. The lowest BCUT2D eigenvalue weighted by Gasteiger charge is -2.30. The molecule has 1 aromatic heterocycles. The van der Waals surface area contributed by atoms with Gasteiger partial charge in [-0.3, -0.25) is 14.3 Å². The monoisotopic (exact) mass is 461 g/mol. The Morgan fingerprint density at radius 1 is 1.16 bits per heavy atom. The Morgan fingerprint density at radius 2 is 1.81 bits per heavy atom. The molecule has 174 valence electrons. The number of hydrogen-bond donors (Lipinski definition) is 2. The maximum absolute atomic E-state index is 12.9. The molecule has 0 saturated carbocycles. The van der Waals surface area contributed by atoms with Crippen LogP contribution in [0.4, 0.5) is 5.69 Å². The van der Waals surface area contributed by atoms with Gasteiger partial charge in [-0.15, -0.1) is 0 Å². The number of rotatable bonds is 8. The van der Waals surface area contributed by atoms with Crippen LogP contribution in [0.1, 0.15) is 44.1 Å². The maximum Gasteiger partial charge on any atom is 0.273 e. The standard InChI is InChI=1S/C22H31N5O4S/c1-4-26-15-19(20(25-26)22(29)23-14-16(2)3)24-21(28)17-10-12-27(13-11-17)32(30,31)18-8-6-5-7-9-18/h5-9,15-17H,4,10-14H2,1-3H3,(H,23,29)(H,24,28). The molecule has 10 heteroatoms. The summed E-state index contributed by atoms with van der Waals surface area (Å²) >= 11 is 0. The minimum atomic E-state index is -3.57. The molecular weight excluding hydrogens is 430 g/mol. The van der Waals surface area contributed by atoms with Crippen molar-refractivity contribution in [2.75, 3.05) is 25.0 Å². The predicted octanol–water partition coefficient (Wildman–Crippen LogP) is 2.33. The summed E-state index contributed by atoms with van der Waals surface area (Å²) in [5, 5.41) is 9.95. The summed E-state index contributed by atoms with van der Waals surface area (Å²) in [6.07, 6.45) is 2.47. The van der Waals surface area contributed by atoms with E-state index in [4.69, 9.17) is 0 Å². The second-order valence-electron chi connectivity index (χ2n) is 8.33. The summed E-state index contributed by atoms with van der Waals surface area (Å²) in [4.78, 5) is 25.7. The summed E-state index contributed by atoms with van der Waals surface area (Å²) < 4.78 is 28.6. The molecule has 0 unspecified atom stereocenters. The van der Waals surface area contributed by atoms with Crippen LogP contribution >= 0.6 is 0 Å². The Hall–Kier alpha value is -2.72. The summed E-state index contributed by atoms with van der Waals surface area (Å²) in [5.41, 5.74) is 0.558. The van der Waals surface area contributed by atoms with E-state index in [1.165, 1.54) is 4.31 Å². The van der Waals surface area contributed by atoms with E-state index < -0.39 is 10.0 Å². The number of hydrogen-bond acceptors (Lipinski definition) is 5. The third-order valence-corrected chi connectivity index (χ3v) is 7.35. The lowest BCUT2D eigenvalue weighted by atomic mass is 9.97. The normalized spacial score (nSPS) is 15.6. The Labute approximate surface area is 189 Å². The zero-order valence-corrected chi connectivity index (χ0v) is 19.6. The van der Waals surface area contributed by atoms with Gasteiger partial charge in [0, 0.05) is 38.3 Å². The van der Waals surface area contributed by atoms with Crippen molar-refractivity contribution in [3.8, 4) is 0 Å². The number of piperidine rings is 1. The zero-order chi connectivity index (χ0) is 23.3. The zero-order valence-electron chi connectivity index (χ0n) is 18.7. The van der Waals surface area contributed by atoms with Gasteiger partial charge in [-0.2, -0.15) is 9.40 Å². The van der Waals surface area contributed by atoms with Gasteiger partial charge in [-0.05, 0) is 37.8 Å². The summed E-state index contributed by atoms with van der Waals surface area (Å²) in [7, 11) is -3.57. The molecule has 2 N–H and O–H groups in total. The predicted molar refractivity (Wildman–Crippen MR) is 122 cm³/mol. The van der Waals surface area contributed by atoms with Gasteiger partial charge in [-0.25, -0.2) is 8.42 Å². The number of sulfonamides is 1. The van der Waals surface area contributed by atoms with Gasteiger partial charge < -0.3 is 10.6 Å².